The van der Waals surface area contributed by atoms with E-state index in [0.29, 0.717) is 37.3 Å². The van der Waals surface area contributed by atoms with Crippen LogP contribution in [-0.4, -0.2) is 25.7 Å². The average molecular weight is 493 g/mol. The maximum Gasteiger partial charge on any atom is 0.208 e. The summed E-state index contributed by atoms with van der Waals surface area (Å²) in [4.78, 5) is 4.56. The third-order valence-electron chi connectivity index (χ3n) is 6.62. The smallest absolute Gasteiger partial charge is 0.208 e. The fourth-order valence-electron chi connectivity index (χ4n) is 4.99. The molecule has 6 nitrogen and oxygen atoms in total. The third-order valence-corrected chi connectivity index (χ3v) is 7.38. The van der Waals surface area contributed by atoms with Crippen LogP contribution < -0.4 is 9.46 Å². The van der Waals surface area contributed by atoms with Crippen molar-refractivity contribution in [3.05, 3.63) is 71.2 Å². The van der Waals surface area contributed by atoms with Crippen LogP contribution in [0.3, 0.4) is 0 Å². The molecule has 0 unspecified atom stereocenters. The standard InChI is InChI=1S/C24H23F3N2O4S/c1-34(30,31)29-15-5-7-24(8-6-15)11-14-9-18(21(27)10-20(14)26)17-3-2-4-19(25)22(17)32-12-16-13-33-23(24)28-16/h2-4,9-10,13,15,29H,5-8,11-12H2,1H3. The number of benzene rings is 2. The predicted molar refractivity (Wildman–Crippen MR) is 118 cm³/mol. The van der Waals surface area contributed by atoms with E-state index in [2.05, 4.69) is 9.71 Å². The van der Waals surface area contributed by atoms with Crippen molar-refractivity contribution < 1.29 is 30.7 Å². The lowest BCUT2D eigenvalue weighted by atomic mass is 9.68. The SMILES string of the molecule is CS(=O)(=O)NC1CCC2(CC1)Cc1cc(c(F)cc1F)-c1cccc(F)c1OCc1coc2n1. The van der Waals surface area contributed by atoms with Crippen molar-refractivity contribution in [3.63, 3.8) is 0 Å². The minimum Gasteiger partial charge on any atom is -0.483 e. The number of halogens is 3. The van der Waals surface area contributed by atoms with Gasteiger partial charge in [-0.05, 0) is 49.8 Å². The van der Waals surface area contributed by atoms with E-state index in [4.69, 9.17) is 9.15 Å². The highest BCUT2D eigenvalue weighted by molar-refractivity contribution is 7.88. The maximum absolute atomic E-state index is 15.0. The molecule has 180 valence electrons. The summed E-state index contributed by atoms with van der Waals surface area (Å²) in [7, 11) is -3.37. The fraction of sp³-hybridized carbons (Fsp3) is 0.375. The molecule has 34 heavy (non-hydrogen) atoms. The number of hydrogen-bond donors (Lipinski definition) is 1. The number of ether oxygens (including phenoxy) is 1. The summed E-state index contributed by atoms with van der Waals surface area (Å²) in [6.07, 6.45) is 4.68. The summed E-state index contributed by atoms with van der Waals surface area (Å²) in [5, 5.41) is 0. The van der Waals surface area contributed by atoms with E-state index in [0.717, 1.165) is 12.3 Å². The molecule has 1 aliphatic heterocycles. The van der Waals surface area contributed by atoms with Gasteiger partial charge in [-0.15, -0.1) is 0 Å². The van der Waals surface area contributed by atoms with Gasteiger partial charge >= 0.3 is 0 Å². The zero-order chi connectivity index (χ0) is 24.1. The molecule has 0 saturated heterocycles. The van der Waals surface area contributed by atoms with E-state index < -0.39 is 32.9 Å². The highest BCUT2D eigenvalue weighted by atomic mass is 32.2. The van der Waals surface area contributed by atoms with Gasteiger partial charge in [0.25, 0.3) is 0 Å². The Balaban J connectivity index is 1.61. The zero-order valence-corrected chi connectivity index (χ0v) is 19.2. The molecule has 1 N–H and O–H groups in total. The van der Waals surface area contributed by atoms with Crippen molar-refractivity contribution in [1.29, 1.82) is 0 Å². The maximum atomic E-state index is 15.0. The minimum absolute atomic E-state index is 0.0400. The molecule has 4 bridgehead atoms. The van der Waals surface area contributed by atoms with Gasteiger partial charge in [0.2, 0.25) is 15.9 Å². The van der Waals surface area contributed by atoms with Crippen LogP contribution in [0.4, 0.5) is 13.2 Å². The fourth-order valence-corrected chi connectivity index (χ4v) is 5.83. The molecule has 1 saturated carbocycles. The van der Waals surface area contributed by atoms with Crippen LogP contribution in [-0.2, 0) is 28.5 Å². The number of fused-ring (bicyclic) bond motifs is 7. The van der Waals surface area contributed by atoms with E-state index in [9.17, 15) is 21.6 Å². The van der Waals surface area contributed by atoms with Gasteiger partial charge in [0.05, 0.1) is 11.7 Å². The number of rotatable bonds is 2. The predicted octanol–water partition coefficient (Wildman–Crippen LogP) is 4.62. The lowest BCUT2D eigenvalue weighted by Crippen LogP contribution is -2.43. The number of nitrogens with zero attached hydrogens (tertiary/aromatic N) is 1. The van der Waals surface area contributed by atoms with E-state index in [-0.39, 0.29) is 41.5 Å². The zero-order valence-electron chi connectivity index (χ0n) is 18.4. The van der Waals surface area contributed by atoms with E-state index in [1.54, 1.807) is 0 Å². The third kappa shape index (κ3) is 4.32. The van der Waals surface area contributed by atoms with Crippen LogP contribution in [0.25, 0.3) is 11.1 Å². The van der Waals surface area contributed by atoms with Gasteiger partial charge in [-0.25, -0.2) is 31.3 Å². The molecule has 10 heteroatoms. The molecule has 2 heterocycles. The van der Waals surface area contributed by atoms with Crippen LogP contribution in [0, 0.1) is 17.5 Å². The molecule has 5 rings (SSSR count). The lowest BCUT2D eigenvalue weighted by molar-refractivity contribution is 0.211. The molecular formula is C24H23F3N2O4S. The topological polar surface area (TPSA) is 81.4 Å². The Bertz CT molecular complexity index is 1350. The molecule has 2 aliphatic rings. The highest BCUT2D eigenvalue weighted by Crippen LogP contribution is 2.44. The van der Waals surface area contributed by atoms with Gasteiger partial charge in [0.1, 0.15) is 30.2 Å². The molecule has 1 aliphatic carbocycles. The van der Waals surface area contributed by atoms with Crippen molar-refractivity contribution in [1.82, 2.24) is 9.71 Å². The minimum atomic E-state index is -3.37. The highest BCUT2D eigenvalue weighted by Gasteiger charge is 2.42. The lowest BCUT2D eigenvalue weighted by Gasteiger charge is -2.38. The first kappa shape index (κ1) is 22.9. The van der Waals surface area contributed by atoms with Crippen molar-refractivity contribution in [2.24, 2.45) is 0 Å². The van der Waals surface area contributed by atoms with Gasteiger partial charge < -0.3 is 9.15 Å². The molecule has 1 aromatic heterocycles. The Morgan fingerprint density at radius 2 is 1.82 bits per heavy atom. The first-order valence-corrected chi connectivity index (χ1v) is 12.8. The summed E-state index contributed by atoms with van der Waals surface area (Å²) in [6.45, 7) is -0.0958. The molecule has 3 aromatic rings. The summed E-state index contributed by atoms with van der Waals surface area (Å²) in [5.41, 5.74) is 0.163. The Morgan fingerprint density at radius 3 is 2.56 bits per heavy atom. The summed E-state index contributed by atoms with van der Waals surface area (Å²) < 4.78 is 81.9. The van der Waals surface area contributed by atoms with Crippen molar-refractivity contribution in [3.8, 4) is 16.9 Å². The second-order valence-electron chi connectivity index (χ2n) is 9.09. The van der Waals surface area contributed by atoms with E-state index >= 15 is 0 Å². The van der Waals surface area contributed by atoms with Crippen molar-refractivity contribution in [2.75, 3.05) is 6.26 Å². The monoisotopic (exact) mass is 492 g/mol. The van der Waals surface area contributed by atoms with Gasteiger partial charge in [0.15, 0.2) is 11.6 Å². The van der Waals surface area contributed by atoms with Gasteiger partial charge in [-0.3, -0.25) is 0 Å². The summed E-state index contributed by atoms with van der Waals surface area (Å²) in [5.74, 6) is -1.98. The van der Waals surface area contributed by atoms with Crippen LogP contribution in [0.15, 0.2) is 41.0 Å². The van der Waals surface area contributed by atoms with E-state index in [1.165, 1.54) is 30.5 Å². The van der Waals surface area contributed by atoms with Crippen LogP contribution in [0.1, 0.15) is 42.8 Å². The number of para-hydroxylation sites is 1. The van der Waals surface area contributed by atoms with Crippen molar-refractivity contribution >= 4 is 10.0 Å². The number of hydrogen-bond acceptors (Lipinski definition) is 5. The molecule has 2 aromatic carbocycles. The summed E-state index contributed by atoms with van der Waals surface area (Å²) >= 11 is 0. The summed E-state index contributed by atoms with van der Waals surface area (Å²) in [6, 6.07) is 6.12. The van der Waals surface area contributed by atoms with Gasteiger partial charge in [-0.2, -0.15) is 0 Å². The Kier molecular flexibility index (Phi) is 5.68. The van der Waals surface area contributed by atoms with Crippen LogP contribution in [0.2, 0.25) is 0 Å². The first-order chi connectivity index (χ1) is 16.1. The quantitative estimate of drug-likeness (QED) is 0.565. The molecule has 0 amide bonds. The first-order valence-electron chi connectivity index (χ1n) is 11.0. The Labute approximate surface area is 195 Å². The van der Waals surface area contributed by atoms with Crippen LogP contribution >= 0.6 is 0 Å². The molecule has 0 radical (unpaired) electrons. The number of oxazole rings is 1. The molecule has 0 atom stereocenters. The molecule has 1 fully saturated rings. The second kappa shape index (κ2) is 8.42. The van der Waals surface area contributed by atoms with Gasteiger partial charge in [0, 0.05) is 23.2 Å². The van der Waals surface area contributed by atoms with Gasteiger partial charge in [-0.1, -0.05) is 12.1 Å². The second-order valence-corrected chi connectivity index (χ2v) is 10.9. The molecule has 1 spiro atoms. The average Bonchev–Trinajstić information content (AvgIpc) is 3.24. The van der Waals surface area contributed by atoms with Crippen molar-refractivity contribution in [2.45, 2.75) is 50.2 Å². The number of aromatic nitrogens is 1. The van der Waals surface area contributed by atoms with E-state index in [1.807, 2.05) is 0 Å². The Hall–Kier alpha value is -2.85. The largest absolute Gasteiger partial charge is 0.483 e. The number of sulfonamides is 1. The number of nitrogens with one attached hydrogen (secondary N) is 1. The normalized spacial score (nSPS) is 22.4. The molecular weight excluding hydrogens is 469 g/mol. The Morgan fingerprint density at radius 1 is 1.06 bits per heavy atom. The van der Waals surface area contributed by atoms with Crippen LogP contribution in [0.5, 0.6) is 5.75 Å².